The highest BCUT2D eigenvalue weighted by atomic mass is 16.5. The zero-order valence-electron chi connectivity index (χ0n) is 13.6. The number of hydrogen-bond acceptors (Lipinski definition) is 4. The number of rotatable bonds is 4. The molecule has 2 atom stereocenters. The van der Waals surface area contributed by atoms with Crippen LogP contribution in [-0.4, -0.2) is 28.3 Å². The number of nitrogens with one attached hydrogen (secondary N) is 1. The maximum Gasteiger partial charge on any atom is 0.251 e. The molecule has 0 unspecified atom stereocenters. The van der Waals surface area contributed by atoms with Crippen molar-refractivity contribution in [2.75, 3.05) is 6.61 Å². The van der Waals surface area contributed by atoms with Gasteiger partial charge in [0.25, 0.3) is 5.91 Å². The Kier molecular flexibility index (Phi) is 4.92. The van der Waals surface area contributed by atoms with Crippen molar-refractivity contribution in [2.45, 2.75) is 38.5 Å². The predicted octanol–water partition coefficient (Wildman–Crippen LogP) is 2.42. The lowest BCUT2D eigenvalue weighted by Crippen LogP contribution is -2.42. The van der Waals surface area contributed by atoms with Gasteiger partial charge in [-0.2, -0.15) is 10.4 Å². The zero-order chi connectivity index (χ0) is 16.9. The van der Waals surface area contributed by atoms with Gasteiger partial charge in [0, 0.05) is 30.5 Å². The Balaban J connectivity index is 1.76. The summed E-state index contributed by atoms with van der Waals surface area (Å²) < 4.78 is 7.75. The molecule has 6 heteroatoms. The molecule has 1 saturated heterocycles. The van der Waals surface area contributed by atoms with E-state index in [1.165, 1.54) is 0 Å². The molecule has 6 nitrogen and oxygen atoms in total. The lowest BCUT2D eigenvalue weighted by Gasteiger charge is -2.31. The molecule has 3 rings (SSSR count). The number of benzene rings is 1. The van der Waals surface area contributed by atoms with Crippen LogP contribution < -0.4 is 5.32 Å². The molecule has 0 saturated carbocycles. The van der Waals surface area contributed by atoms with Crippen LogP contribution >= 0.6 is 0 Å². The molecule has 1 aromatic carbocycles. The maximum absolute atomic E-state index is 12.5. The van der Waals surface area contributed by atoms with Crippen LogP contribution in [0.4, 0.5) is 0 Å². The van der Waals surface area contributed by atoms with E-state index in [0.717, 1.165) is 24.9 Å². The summed E-state index contributed by atoms with van der Waals surface area (Å²) in [5, 5.41) is 16.3. The summed E-state index contributed by atoms with van der Waals surface area (Å²) in [4.78, 5) is 12.5. The predicted molar refractivity (Wildman–Crippen MR) is 88.2 cm³/mol. The molecular formula is C18H20N4O2. The quantitative estimate of drug-likeness (QED) is 0.936. The second kappa shape index (κ2) is 7.28. The number of aromatic nitrogens is 2. The highest BCUT2D eigenvalue weighted by Gasteiger charge is 2.30. The van der Waals surface area contributed by atoms with Gasteiger partial charge < -0.3 is 10.1 Å². The molecule has 0 bridgehead atoms. The third kappa shape index (κ3) is 3.47. The molecule has 1 N–H and O–H groups in total. The summed E-state index contributed by atoms with van der Waals surface area (Å²) in [5.41, 5.74) is 1.94. The number of nitriles is 1. The van der Waals surface area contributed by atoms with Crippen LogP contribution in [0.5, 0.6) is 0 Å². The van der Waals surface area contributed by atoms with Gasteiger partial charge in [-0.3, -0.25) is 9.48 Å². The van der Waals surface area contributed by atoms with Gasteiger partial charge in [0.2, 0.25) is 0 Å². The Hall–Kier alpha value is -2.65. The first-order valence-corrected chi connectivity index (χ1v) is 8.16. The molecule has 1 aliphatic heterocycles. The highest BCUT2D eigenvalue weighted by Crippen LogP contribution is 2.28. The van der Waals surface area contributed by atoms with E-state index in [0.29, 0.717) is 17.7 Å². The van der Waals surface area contributed by atoms with Crippen LogP contribution in [0.15, 0.2) is 36.7 Å². The molecule has 0 spiro atoms. The zero-order valence-corrected chi connectivity index (χ0v) is 13.6. The van der Waals surface area contributed by atoms with Crippen molar-refractivity contribution in [1.82, 2.24) is 15.1 Å². The molecule has 1 aliphatic rings. The van der Waals surface area contributed by atoms with E-state index in [-0.39, 0.29) is 18.1 Å². The first kappa shape index (κ1) is 16.2. The minimum absolute atomic E-state index is 0.105. The number of carbonyl (C=O) groups excluding carboxylic acids is 1. The van der Waals surface area contributed by atoms with Crippen molar-refractivity contribution in [3.63, 3.8) is 0 Å². The molecule has 1 amide bonds. The topological polar surface area (TPSA) is 79.9 Å². The Morgan fingerprint density at radius 3 is 3.17 bits per heavy atom. The number of ether oxygens (including phenoxy) is 1. The van der Waals surface area contributed by atoms with Crippen LogP contribution in [0, 0.1) is 11.3 Å². The standard InChI is InChI=1S/C18H20N4O2/c1-2-22-12-15(11-20-22)17-16(7-4-8-24-17)21-18(23)14-6-3-5-13(9-14)10-19/h3,5-6,9,11-12,16-17H,2,4,7-8H2,1H3,(H,21,23)/t16-,17+/m0/s1. The number of aryl methyl sites for hydroxylation is 1. The third-order valence-electron chi connectivity index (χ3n) is 4.20. The third-order valence-corrected chi connectivity index (χ3v) is 4.20. The van der Waals surface area contributed by atoms with Crippen LogP contribution in [-0.2, 0) is 11.3 Å². The Bertz CT molecular complexity index is 762. The maximum atomic E-state index is 12.5. The molecule has 0 radical (unpaired) electrons. The van der Waals surface area contributed by atoms with Crippen LogP contribution in [0.3, 0.4) is 0 Å². The Labute approximate surface area is 141 Å². The first-order chi connectivity index (χ1) is 11.7. The molecule has 2 aromatic rings. The Morgan fingerprint density at radius 1 is 1.54 bits per heavy atom. The number of nitrogens with zero attached hydrogens (tertiary/aromatic N) is 3. The van der Waals surface area contributed by atoms with Crippen molar-refractivity contribution < 1.29 is 9.53 Å². The van der Waals surface area contributed by atoms with E-state index in [1.807, 2.05) is 17.8 Å². The number of amides is 1. The highest BCUT2D eigenvalue weighted by molar-refractivity contribution is 5.94. The van der Waals surface area contributed by atoms with Gasteiger partial charge in [-0.1, -0.05) is 6.07 Å². The van der Waals surface area contributed by atoms with Crippen LogP contribution in [0.2, 0.25) is 0 Å². The van der Waals surface area contributed by atoms with Gasteiger partial charge >= 0.3 is 0 Å². The summed E-state index contributed by atoms with van der Waals surface area (Å²) in [6.45, 7) is 3.50. The van der Waals surface area contributed by atoms with Crippen molar-refractivity contribution in [1.29, 1.82) is 5.26 Å². The largest absolute Gasteiger partial charge is 0.371 e. The summed E-state index contributed by atoms with van der Waals surface area (Å²) in [6.07, 6.45) is 5.33. The summed E-state index contributed by atoms with van der Waals surface area (Å²) in [6, 6.07) is 8.66. The fourth-order valence-electron chi connectivity index (χ4n) is 2.94. The molecule has 2 heterocycles. The van der Waals surface area contributed by atoms with E-state index in [2.05, 4.69) is 16.5 Å². The minimum Gasteiger partial charge on any atom is -0.371 e. The molecule has 1 fully saturated rings. The van der Waals surface area contributed by atoms with Crippen LogP contribution in [0.25, 0.3) is 0 Å². The number of hydrogen-bond donors (Lipinski definition) is 1. The average Bonchev–Trinajstić information content (AvgIpc) is 3.11. The fourth-order valence-corrected chi connectivity index (χ4v) is 2.94. The lowest BCUT2D eigenvalue weighted by molar-refractivity contribution is -0.00950. The molecule has 124 valence electrons. The second-order valence-electron chi connectivity index (χ2n) is 5.84. The van der Waals surface area contributed by atoms with E-state index in [4.69, 9.17) is 10.00 Å². The van der Waals surface area contributed by atoms with Gasteiger partial charge in [0.15, 0.2) is 0 Å². The van der Waals surface area contributed by atoms with Crippen LogP contribution in [0.1, 0.15) is 47.4 Å². The molecule has 0 aliphatic carbocycles. The van der Waals surface area contributed by atoms with Gasteiger partial charge in [0.05, 0.1) is 23.9 Å². The van der Waals surface area contributed by atoms with Gasteiger partial charge in [-0.05, 0) is 38.0 Å². The number of carbonyl (C=O) groups is 1. The summed E-state index contributed by atoms with van der Waals surface area (Å²) in [5.74, 6) is -0.185. The lowest BCUT2D eigenvalue weighted by atomic mass is 9.97. The SMILES string of the molecule is CCn1cc([C@H]2OCCC[C@@H]2NC(=O)c2cccc(C#N)c2)cn1. The van der Waals surface area contributed by atoms with Gasteiger partial charge in [-0.15, -0.1) is 0 Å². The van der Waals surface area contributed by atoms with Crippen molar-refractivity contribution in [2.24, 2.45) is 0 Å². The fraction of sp³-hybridized carbons (Fsp3) is 0.389. The van der Waals surface area contributed by atoms with Crippen molar-refractivity contribution in [3.8, 4) is 6.07 Å². The smallest absolute Gasteiger partial charge is 0.251 e. The first-order valence-electron chi connectivity index (χ1n) is 8.16. The second-order valence-corrected chi connectivity index (χ2v) is 5.84. The van der Waals surface area contributed by atoms with E-state index in [9.17, 15) is 4.79 Å². The average molecular weight is 324 g/mol. The van der Waals surface area contributed by atoms with E-state index >= 15 is 0 Å². The molecule has 24 heavy (non-hydrogen) atoms. The van der Waals surface area contributed by atoms with E-state index in [1.54, 1.807) is 30.5 Å². The minimum atomic E-state index is -0.192. The van der Waals surface area contributed by atoms with Gasteiger partial charge in [-0.25, -0.2) is 0 Å². The summed E-state index contributed by atoms with van der Waals surface area (Å²) >= 11 is 0. The van der Waals surface area contributed by atoms with E-state index < -0.39 is 0 Å². The van der Waals surface area contributed by atoms with Gasteiger partial charge in [0.1, 0.15) is 6.10 Å². The Morgan fingerprint density at radius 2 is 2.42 bits per heavy atom. The molecular weight excluding hydrogens is 304 g/mol. The van der Waals surface area contributed by atoms with Crippen molar-refractivity contribution >= 4 is 5.91 Å². The normalized spacial score (nSPS) is 20.3. The monoisotopic (exact) mass is 324 g/mol. The summed E-state index contributed by atoms with van der Waals surface area (Å²) in [7, 11) is 0. The van der Waals surface area contributed by atoms with Crippen molar-refractivity contribution in [3.05, 3.63) is 53.3 Å². The molecule has 1 aromatic heterocycles.